The Balaban J connectivity index is 2.79. The lowest BCUT2D eigenvalue weighted by atomic mass is 9.96. The lowest BCUT2D eigenvalue weighted by Crippen LogP contribution is -2.49. The van der Waals surface area contributed by atoms with Gasteiger partial charge in [-0.05, 0) is 37.1 Å². The summed E-state index contributed by atoms with van der Waals surface area (Å²) in [7, 11) is 0. The van der Waals surface area contributed by atoms with E-state index in [2.05, 4.69) is 21.2 Å². The Morgan fingerprint density at radius 3 is 2.78 bits per heavy atom. The van der Waals surface area contributed by atoms with Crippen molar-refractivity contribution >= 4 is 21.9 Å². The zero-order chi connectivity index (χ0) is 13.8. The van der Waals surface area contributed by atoms with Crippen molar-refractivity contribution in [3.05, 3.63) is 34.1 Å². The molecule has 0 aliphatic rings. The van der Waals surface area contributed by atoms with Crippen molar-refractivity contribution in [1.29, 1.82) is 0 Å². The largest absolute Gasteiger partial charge is 0.480 e. The van der Waals surface area contributed by atoms with Crippen LogP contribution in [0, 0.1) is 5.82 Å². The molecule has 0 aliphatic carbocycles. The Morgan fingerprint density at radius 2 is 2.22 bits per heavy atom. The fourth-order valence-electron chi connectivity index (χ4n) is 1.74. The maximum atomic E-state index is 13.1. The van der Waals surface area contributed by atoms with E-state index in [9.17, 15) is 14.3 Å². The van der Waals surface area contributed by atoms with Crippen molar-refractivity contribution in [1.82, 2.24) is 5.32 Å². The number of carboxylic acids is 1. The van der Waals surface area contributed by atoms with Crippen LogP contribution in [-0.2, 0) is 11.3 Å². The van der Waals surface area contributed by atoms with E-state index in [0.717, 1.165) is 10.9 Å². The lowest BCUT2D eigenvalue weighted by Gasteiger charge is -2.26. The summed E-state index contributed by atoms with van der Waals surface area (Å²) in [5.74, 6) is -1.22. The van der Waals surface area contributed by atoms with Gasteiger partial charge in [0.05, 0.1) is 0 Å². The number of rotatable bonds is 6. The Bertz CT molecular complexity index is 439. The topological polar surface area (TPSA) is 49.3 Å². The first kappa shape index (κ1) is 15.1. The maximum absolute atomic E-state index is 13.1. The van der Waals surface area contributed by atoms with E-state index in [0.29, 0.717) is 18.5 Å². The van der Waals surface area contributed by atoms with Gasteiger partial charge in [-0.25, -0.2) is 4.39 Å². The molecule has 0 fully saturated rings. The first-order valence-electron chi connectivity index (χ1n) is 5.81. The minimum absolute atomic E-state index is 0.307. The van der Waals surface area contributed by atoms with Gasteiger partial charge in [-0.1, -0.05) is 29.3 Å². The monoisotopic (exact) mass is 317 g/mol. The van der Waals surface area contributed by atoms with Crippen molar-refractivity contribution in [2.75, 3.05) is 0 Å². The molecule has 0 aromatic heterocycles. The van der Waals surface area contributed by atoms with Crippen LogP contribution in [0.15, 0.2) is 22.7 Å². The lowest BCUT2D eigenvalue weighted by molar-refractivity contribution is -0.144. The van der Waals surface area contributed by atoms with Crippen LogP contribution in [0.3, 0.4) is 0 Å². The highest BCUT2D eigenvalue weighted by Crippen LogP contribution is 2.20. The van der Waals surface area contributed by atoms with Gasteiger partial charge in [-0.2, -0.15) is 0 Å². The summed E-state index contributed by atoms with van der Waals surface area (Å²) >= 11 is 3.32. The molecular weight excluding hydrogens is 301 g/mol. The van der Waals surface area contributed by atoms with E-state index in [1.54, 1.807) is 13.0 Å². The maximum Gasteiger partial charge on any atom is 0.323 e. The number of halogens is 2. The summed E-state index contributed by atoms with van der Waals surface area (Å²) in [6.45, 7) is 3.88. The second-order valence-corrected chi connectivity index (χ2v) is 5.33. The van der Waals surface area contributed by atoms with Gasteiger partial charge in [-0.15, -0.1) is 0 Å². The first-order chi connectivity index (χ1) is 8.39. The molecule has 2 N–H and O–H groups in total. The average Bonchev–Trinajstić information content (AvgIpc) is 2.30. The highest BCUT2D eigenvalue weighted by atomic mass is 79.9. The predicted molar refractivity (Wildman–Crippen MR) is 71.9 cm³/mol. The van der Waals surface area contributed by atoms with Crippen molar-refractivity contribution in [3.63, 3.8) is 0 Å². The number of hydrogen-bond donors (Lipinski definition) is 2. The summed E-state index contributed by atoms with van der Waals surface area (Å²) in [6.07, 6.45) is 1.29. The van der Waals surface area contributed by atoms with E-state index in [1.165, 1.54) is 12.1 Å². The summed E-state index contributed by atoms with van der Waals surface area (Å²) in [4.78, 5) is 11.2. The molecule has 3 nitrogen and oxygen atoms in total. The van der Waals surface area contributed by atoms with E-state index < -0.39 is 11.5 Å². The van der Waals surface area contributed by atoms with Gasteiger partial charge >= 0.3 is 5.97 Å². The third kappa shape index (κ3) is 3.78. The Labute approximate surface area is 115 Å². The van der Waals surface area contributed by atoms with Crippen molar-refractivity contribution in [2.24, 2.45) is 0 Å². The Kier molecular flexibility index (Phi) is 5.28. The van der Waals surface area contributed by atoms with Crippen molar-refractivity contribution in [3.8, 4) is 0 Å². The number of nitrogens with one attached hydrogen (secondary N) is 1. The number of aliphatic carboxylic acids is 1. The minimum Gasteiger partial charge on any atom is -0.480 e. The molecule has 0 spiro atoms. The summed E-state index contributed by atoms with van der Waals surface area (Å²) in [5, 5.41) is 12.2. The molecule has 100 valence electrons. The van der Waals surface area contributed by atoms with E-state index in [1.807, 2.05) is 6.92 Å². The molecular formula is C13H17BrFNO2. The fourth-order valence-corrected chi connectivity index (χ4v) is 2.13. The number of benzene rings is 1. The van der Waals surface area contributed by atoms with Crippen LogP contribution in [-0.4, -0.2) is 16.6 Å². The van der Waals surface area contributed by atoms with E-state index in [-0.39, 0.29) is 5.82 Å². The van der Waals surface area contributed by atoms with Gasteiger partial charge in [0.1, 0.15) is 11.4 Å². The third-order valence-electron chi connectivity index (χ3n) is 2.90. The van der Waals surface area contributed by atoms with Crippen LogP contribution >= 0.6 is 15.9 Å². The molecule has 1 unspecified atom stereocenters. The van der Waals surface area contributed by atoms with E-state index >= 15 is 0 Å². The number of carboxylic acid groups (broad SMARTS) is 1. The van der Waals surface area contributed by atoms with Gasteiger partial charge in [-0.3, -0.25) is 10.1 Å². The predicted octanol–water partition coefficient (Wildman–Crippen LogP) is 3.32. The molecule has 0 bridgehead atoms. The van der Waals surface area contributed by atoms with Crippen LogP contribution in [0.4, 0.5) is 4.39 Å². The highest BCUT2D eigenvalue weighted by molar-refractivity contribution is 9.10. The summed E-state index contributed by atoms with van der Waals surface area (Å²) in [6, 6.07) is 4.37. The molecule has 0 aliphatic heterocycles. The molecule has 0 saturated heterocycles. The summed E-state index contributed by atoms with van der Waals surface area (Å²) in [5.41, 5.74) is -0.279. The SMILES string of the molecule is CCCC(C)(NCc1cc(F)ccc1Br)C(=O)O. The van der Waals surface area contributed by atoms with Crippen molar-refractivity contribution < 1.29 is 14.3 Å². The number of carbonyl (C=O) groups is 1. The molecule has 5 heteroatoms. The molecule has 1 aromatic rings. The van der Waals surface area contributed by atoms with Crippen molar-refractivity contribution in [2.45, 2.75) is 38.8 Å². The van der Waals surface area contributed by atoms with Crippen LogP contribution in [0.25, 0.3) is 0 Å². The minimum atomic E-state index is -0.986. The van der Waals surface area contributed by atoms with Gasteiger partial charge in [0, 0.05) is 11.0 Å². The molecule has 1 atom stereocenters. The average molecular weight is 318 g/mol. The highest BCUT2D eigenvalue weighted by Gasteiger charge is 2.31. The molecule has 0 radical (unpaired) electrons. The molecule has 0 saturated carbocycles. The quantitative estimate of drug-likeness (QED) is 0.846. The molecule has 18 heavy (non-hydrogen) atoms. The summed E-state index contributed by atoms with van der Waals surface area (Å²) < 4.78 is 13.9. The normalized spacial score (nSPS) is 14.2. The number of hydrogen-bond acceptors (Lipinski definition) is 2. The van der Waals surface area contributed by atoms with E-state index in [4.69, 9.17) is 0 Å². The van der Waals surface area contributed by atoms with Gasteiger partial charge < -0.3 is 5.11 Å². The van der Waals surface area contributed by atoms with Crippen LogP contribution in [0.1, 0.15) is 32.3 Å². The Morgan fingerprint density at radius 1 is 1.56 bits per heavy atom. The standard InChI is InChI=1S/C13H17BrFNO2/c1-3-6-13(2,12(17)18)16-8-9-7-10(15)4-5-11(9)14/h4-5,7,16H,3,6,8H2,1-2H3,(H,17,18). The third-order valence-corrected chi connectivity index (χ3v) is 3.67. The second kappa shape index (κ2) is 6.29. The van der Waals surface area contributed by atoms with Gasteiger partial charge in [0.15, 0.2) is 0 Å². The first-order valence-corrected chi connectivity index (χ1v) is 6.60. The smallest absolute Gasteiger partial charge is 0.323 e. The zero-order valence-corrected chi connectivity index (χ0v) is 12.1. The van der Waals surface area contributed by atoms with Gasteiger partial charge in [0.2, 0.25) is 0 Å². The van der Waals surface area contributed by atoms with Crippen LogP contribution in [0.2, 0.25) is 0 Å². The fraction of sp³-hybridized carbons (Fsp3) is 0.462. The zero-order valence-electron chi connectivity index (χ0n) is 10.5. The molecule has 0 heterocycles. The van der Waals surface area contributed by atoms with Crippen LogP contribution in [0.5, 0.6) is 0 Å². The van der Waals surface area contributed by atoms with Crippen LogP contribution < -0.4 is 5.32 Å². The molecule has 1 rings (SSSR count). The molecule has 0 amide bonds. The Hall–Kier alpha value is -0.940. The van der Waals surface area contributed by atoms with Gasteiger partial charge in [0.25, 0.3) is 0 Å². The second-order valence-electron chi connectivity index (χ2n) is 4.48. The molecule has 1 aromatic carbocycles.